The number of ether oxygens (including phenoxy) is 1. The van der Waals surface area contributed by atoms with Gasteiger partial charge in [-0.1, -0.05) is 19.1 Å². The fourth-order valence-electron chi connectivity index (χ4n) is 2.09. The number of hydrogen-bond donors (Lipinski definition) is 0. The van der Waals surface area contributed by atoms with Crippen LogP contribution >= 0.6 is 0 Å². The second-order valence-electron chi connectivity index (χ2n) is 4.61. The molecule has 0 fully saturated rings. The highest BCUT2D eigenvalue weighted by Crippen LogP contribution is 2.26. The summed E-state index contributed by atoms with van der Waals surface area (Å²) in [5.41, 5.74) is 0.557. The van der Waals surface area contributed by atoms with E-state index in [0.29, 0.717) is 25.3 Å². The summed E-state index contributed by atoms with van der Waals surface area (Å²) in [5.74, 6) is -0.261. The Balaban J connectivity index is 3.13. The largest absolute Gasteiger partial charge is 0.465 e. The van der Waals surface area contributed by atoms with Gasteiger partial charge in [-0.15, -0.1) is 0 Å². The molecule has 0 heterocycles. The number of nitrogens with zero attached hydrogens (tertiary/aromatic N) is 1. The maximum Gasteiger partial charge on any atom is 0.325 e. The number of sulfone groups is 1. The van der Waals surface area contributed by atoms with Gasteiger partial charge in [0.1, 0.15) is 6.54 Å². The van der Waals surface area contributed by atoms with Gasteiger partial charge in [0.25, 0.3) is 0 Å². The van der Waals surface area contributed by atoms with Crippen molar-refractivity contribution in [2.45, 2.75) is 32.1 Å². The molecule has 0 aromatic heterocycles. The van der Waals surface area contributed by atoms with Crippen LogP contribution in [0.25, 0.3) is 0 Å². The van der Waals surface area contributed by atoms with E-state index in [9.17, 15) is 13.2 Å². The molecule has 5 nitrogen and oxygen atoms in total. The fourth-order valence-corrected chi connectivity index (χ4v) is 3.65. The van der Waals surface area contributed by atoms with Crippen LogP contribution in [-0.4, -0.2) is 39.8 Å². The number of carbonyl (C=O) groups is 1. The Labute approximate surface area is 126 Å². The first-order valence-corrected chi connectivity index (χ1v) is 8.83. The molecule has 0 bridgehead atoms. The molecule has 1 aromatic carbocycles. The molecule has 0 radical (unpaired) electrons. The average Bonchev–Trinajstić information content (AvgIpc) is 2.45. The van der Waals surface area contributed by atoms with Crippen molar-refractivity contribution < 1.29 is 17.9 Å². The van der Waals surface area contributed by atoms with Gasteiger partial charge in [0.05, 0.1) is 22.9 Å². The Hall–Kier alpha value is -1.56. The van der Waals surface area contributed by atoms with Gasteiger partial charge in [-0.3, -0.25) is 4.79 Å². The zero-order valence-electron chi connectivity index (χ0n) is 12.8. The van der Waals surface area contributed by atoms with E-state index in [1.165, 1.54) is 0 Å². The van der Waals surface area contributed by atoms with Crippen LogP contribution in [0.5, 0.6) is 0 Å². The Kier molecular flexibility index (Phi) is 6.68. The summed E-state index contributed by atoms with van der Waals surface area (Å²) in [5, 5.41) is 0. The van der Waals surface area contributed by atoms with Crippen molar-refractivity contribution in [3.8, 4) is 0 Å². The first-order chi connectivity index (χ1) is 9.96. The van der Waals surface area contributed by atoms with Crippen LogP contribution < -0.4 is 4.90 Å². The minimum atomic E-state index is -3.34. The van der Waals surface area contributed by atoms with Crippen molar-refractivity contribution in [2.24, 2.45) is 0 Å². The van der Waals surface area contributed by atoms with E-state index in [1.54, 1.807) is 36.1 Å². The van der Waals surface area contributed by atoms with E-state index in [-0.39, 0.29) is 23.2 Å². The fraction of sp³-hybridized carbons (Fsp3) is 0.533. The molecule has 0 saturated heterocycles. The third-order valence-corrected chi connectivity index (χ3v) is 4.98. The number of hydrogen-bond acceptors (Lipinski definition) is 5. The quantitative estimate of drug-likeness (QED) is 0.689. The first kappa shape index (κ1) is 17.5. The molecule has 0 atom stereocenters. The number of likely N-dealkylation sites (N-methyl/N-ethyl adjacent to an activating group) is 1. The molecule has 0 aliphatic carbocycles. The Morgan fingerprint density at radius 1 is 1.19 bits per heavy atom. The summed E-state index contributed by atoms with van der Waals surface area (Å²) in [6.07, 6.45) is 0.556. The molecule has 0 N–H and O–H groups in total. The van der Waals surface area contributed by atoms with Crippen LogP contribution in [0.1, 0.15) is 27.2 Å². The molecule has 0 unspecified atom stereocenters. The standard InChI is InChI=1S/C15H23NO4S/c1-4-11-21(18,19)14-10-8-7-9-13(14)16(5-2)12-15(17)20-6-3/h7-10H,4-6,11-12H2,1-3H3. The van der Waals surface area contributed by atoms with Crippen molar-refractivity contribution >= 4 is 21.5 Å². The lowest BCUT2D eigenvalue weighted by molar-refractivity contribution is -0.141. The number of carbonyl (C=O) groups excluding carboxylic acids is 1. The smallest absolute Gasteiger partial charge is 0.325 e. The Bertz CT molecular complexity index is 569. The molecule has 1 rings (SSSR count). The highest BCUT2D eigenvalue weighted by atomic mass is 32.2. The molecule has 0 amide bonds. The Morgan fingerprint density at radius 3 is 2.43 bits per heavy atom. The number of rotatable bonds is 8. The third kappa shape index (κ3) is 4.74. The van der Waals surface area contributed by atoms with Crippen LogP contribution in [0.3, 0.4) is 0 Å². The second kappa shape index (κ2) is 8.02. The summed E-state index contributed by atoms with van der Waals surface area (Å²) >= 11 is 0. The molecule has 0 saturated carbocycles. The Morgan fingerprint density at radius 2 is 1.86 bits per heavy atom. The van der Waals surface area contributed by atoms with Crippen LogP contribution in [0.15, 0.2) is 29.2 Å². The molecule has 21 heavy (non-hydrogen) atoms. The van der Waals surface area contributed by atoms with Crippen molar-refractivity contribution in [3.05, 3.63) is 24.3 Å². The monoisotopic (exact) mass is 313 g/mol. The van der Waals surface area contributed by atoms with Gasteiger partial charge in [0.15, 0.2) is 9.84 Å². The molecule has 0 aliphatic heterocycles. The molecule has 0 aliphatic rings. The summed E-state index contributed by atoms with van der Waals surface area (Å²) in [7, 11) is -3.34. The zero-order chi connectivity index (χ0) is 15.9. The topological polar surface area (TPSA) is 63.7 Å². The van der Waals surface area contributed by atoms with Crippen molar-refractivity contribution in [1.29, 1.82) is 0 Å². The van der Waals surface area contributed by atoms with Gasteiger partial charge < -0.3 is 9.64 Å². The average molecular weight is 313 g/mol. The molecule has 1 aromatic rings. The third-order valence-electron chi connectivity index (χ3n) is 3.02. The SMILES string of the molecule is CCCS(=O)(=O)c1ccccc1N(CC)CC(=O)OCC. The number of anilines is 1. The van der Waals surface area contributed by atoms with Crippen molar-refractivity contribution in [1.82, 2.24) is 0 Å². The van der Waals surface area contributed by atoms with Gasteiger partial charge in [0.2, 0.25) is 0 Å². The predicted octanol–water partition coefficient (Wildman–Crippen LogP) is 2.26. The van der Waals surface area contributed by atoms with E-state index < -0.39 is 9.84 Å². The maximum absolute atomic E-state index is 12.3. The van der Waals surface area contributed by atoms with Crippen molar-refractivity contribution in [3.63, 3.8) is 0 Å². The van der Waals surface area contributed by atoms with Crippen LogP contribution in [0.4, 0.5) is 5.69 Å². The maximum atomic E-state index is 12.3. The molecular weight excluding hydrogens is 290 g/mol. The van der Waals surface area contributed by atoms with Crippen LogP contribution in [0, 0.1) is 0 Å². The van der Waals surface area contributed by atoms with E-state index in [0.717, 1.165) is 0 Å². The lowest BCUT2D eigenvalue weighted by Crippen LogP contribution is -2.32. The molecular formula is C15H23NO4S. The summed E-state index contributed by atoms with van der Waals surface area (Å²) in [6.45, 7) is 6.33. The second-order valence-corrected chi connectivity index (χ2v) is 6.68. The number of benzene rings is 1. The van der Waals surface area contributed by atoms with E-state index in [4.69, 9.17) is 4.74 Å². The molecule has 118 valence electrons. The van der Waals surface area contributed by atoms with Gasteiger partial charge >= 0.3 is 5.97 Å². The highest BCUT2D eigenvalue weighted by molar-refractivity contribution is 7.91. The van der Waals surface area contributed by atoms with Gasteiger partial charge in [-0.05, 0) is 32.4 Å². The number of esters is 1. The zero-order valence-corrected chi connectivity index (χ0v) is 13.6. The lowest BCUT2D eigenvalue weighted by atomic mass is 10.3. The molecule has 6 heteroatoms. The highest BCUT2D eigenvalue weighted by Gasteiger charge is 2.21. The van der Waals surface area contributed by atoms with Gasteiger partial charge in [-0.2, -0.15) is 0 Å². The first-order valence-electron chi connectivity index (χ1n) is 7.18. The van der Waals surface area contributed by atoms with E-state index in [1.807, 2.05) is 13.8 Å². The summed E-state index contributed by atoms with van der Waals surface area (Å²) in [6, 6.07) is 6.79. The van der Waals surface area contributed by atoms with Gasteiger partial charge in [-0.25, -0.2) is 8.42 Å². The van der Waals surface area contributed by atoms with Gasteiger partial charge in [0, 0.05) is 6.54 Å². The normalized spacial score (nSPS) is 11.2. The number of para-hydroxylation sites is 1. The summed E-state index contributed by atoms with van der Waals surface area (Å²) in [4.78, 5) is 13.7. The van der Waals surface area contributed by atoms with Crippen LogP contribution in [0.2, 0.25) is 0 Å². The van der Waals surface area contributed by atoms with E-state index >= 15 is 0 Å². The minimum absolute atomic E-state index is 0.0446. The van der Waals surface area contributed by atoms with Crippen LogP contribution in [-0.2, 0) is 19.4 Å². The minimum Gasteiger partial charge on any atom is -0.465 e. The molecule has 0 spiro atoms. The predicted molar refractivity (Wildman–Crippen MR) is 83.3 cm³/mol. The van der Waals surface area contributed by atoms with E-state index in [2.05, 4.69) is 0 Å². The lowest BCUT2D eigenvalue weighted by Gasteiger charge is -2.24. The summed E-state index contributed by atoms with van der Waals surface area (Å²) < 4.78 is 29.6. The van der Waals surface area contributed by atoms with Crippen molar-refractivity contribution in [2.75, 3.05) is 30.3 Å².